The molecule has 0 aromatic heterocycles. The number of rotatable bonds is 1. The predicted octanol–water partition coefficient (Wildman–Crippen LogP) is -1.46. The maximum Gasteiger partial charge on any atom is 0.469 e. The van der Waals surface area contributed by atoms with Gasteiger partial charge in [-0.2, -0.15) is 0 Å². The molecule has 0 aliphatic carbocycles. The van der Waals surface area contributed by atoms with Gasteiger partial charge in [0.15, 0.2) is 0 Å². The summed E-state index contributed by atoms with van der Waals surface area (Å²) in [5, 5.41) is 0. The summed E-state index contributed by atoms with van der Waals surface area (Å²) in [6, 6.07) is 0. The second-order valence-electron chi connectivity index (χ2n) is 0.673. The van der Waals surface area contributed by atoms with Crippen LogP contribution in [0.4, 0.5) is 0 Å². The van der Waals surface area contributed by atoms with Crippen LogP contribution in [0, 0.1) is 0 Å². The summed E-state index contributed by atoms with van der Waals surface area (Å²) in [5.74, 6) is 8.00. The van der Waals surface area contributed by atoms with Gasteiger partial charge in [-0.3, -0.25) is 16.2 Å². The second kappa shape index (κ2) is 5.17. The van der Waals surface area contributed by atoms with E-state index in [1.807, 2.05) is 0 Å². The molecule has 0 aliphatic rings. The van der Waals surface area contributed by atoms with E-state index in [0.29, 0.717) is 0 Å². The third-order valence-electron chi connectivity index (χ3n) is 0.238. The fourth-order valence-electron chi connectivity index (χ4n) is 0. The Morgan fingerprint density at radius 1 is 1.50 bits per heavy atom. The first-order chi connectivity index (χ1) is 3.56. The van der Waals surface area contributed by atoms with Crippen LogP contribution in [-0.2, 0) is 9.09 Å². The molecule has 7 heteroatoms. The lowest BCUT2D eigenvalue weighted by molar-refractivity contribution is 0.235. The normalized spacial score (nSPS) is 9.62. The lowest BCUT2D eigenvalue weighted by Gasteiger charge is -1.93. The van der Waals surface area contributed by atoms with Crippen LogP contribution in [0.25, 0.3) is 0 Å². The smallest absolute Gasteiger partial charge is 0.303 e. The van der Waals surface area contributed by atoms with Crippen LogP contribution in [0.5, 0.6) is 0 Å². The van der Waals surface area contributed by atoms with E-state index < -0.39 is 7.82 Å². The van der Waals surface area contributed by atoms with E-state index >= 15 is 0 Å². The Morgan fingerprint density at radius 3 is 1.62 bits per heavy atom. The van der Waals surface area contributed by atoms with Gasteiger partial charge in [0.25, 0.3) is 0 Å². The monoisotopic (exact) mass is 144 g/mol. The van der Waals surface area contributed by atoms with E-state index in [0.717, 1.165) is 7.11 Å². The van der Waals surface area contributed by atoms with E-state index in [4.69, 9.17) is 9.79 Å². The standard InChI is InChI=1S/CH5O4P.H4N2/c1-5-6(2,3)4;1-2/h1H3,(H2,2,3,4);1-2H2. The molecule has 52 valence electrons. The van der Waals surface area contributed by atoms with Crippen molar-refractivity contribution >= 4 is 7.82 Å². The summed E-state index contributed by atoms with van der Waals surface area (Å²) >= 11 is 0. The fourth-order valence-corrected chi connectivity index (χ4v) is 0. The maximum absolute atomic E-state index is 9.47. The van der Waals surface area contributed by atoms with Crippen molar-refractivity contribution in [2.24, 2.45) is 11.7 Å². The summed E-state index contributed by atoms with van der Waals surface area (Å²) in [7, 11) is -3.20. The molecule has 0 bridgehead atoms. The molecule has 6 nitrogen and oxygen atoms in total. The lowest BCUT2D eigenvalue weighted by Crippen LogP contribution is -2.02. The summed E-state index contributed by atoms with van der Waals surface area (Å²) in [5.41, 5.74) is 0. The van der Waals surface area contributed by atoms with Crippen LogP contribution in [0.2, 0.25) is 0 Å². The van der Waals surface area contributed by atoms with E-state index in [-0.39, 0.29) is 0 Å². The first kappa shape index (κ1) is 10.9. The number of phosphoric acid groups is 1. The first-order valence-electron chi connectivity index (χ1n) is 1.51. The fraction of sp³-hybridized carbons (Fsp3) is 1.00. The topological polar surface area (TPSA) is 119 Å². The molecule has 0 amide bonds. The van der Waals surface area contributed by atoms with Crippen molar-refractivity contribution in [2.45, 2.75) is 0 Å². The Balaban J connectivity index is 0. The number of hydrogen-bond donors (Lipinski definition) is 4. The van der Waals surface area contributed by atoms with Gasteiger partial charge in [-0.05, 0) is 0 Å². The molecule has 0 aromatic carbocycles. The van der Waals surface area contributed by atoms with Crippen LogP contribution < -0.4 is 11.7 Å². The minimum atomic E-state index is -4.15. The van der Waals surface area contributed by atoms with Crippen molar-refractivity contribution in [3.63, 3.8) is 0 Å². The van der Waals surface area contributed by atoms with Gasteiger partial charge in [0.1, 0.15) is 0 Å². The van der Waals surface area contributed by atoms with Gasteiger partial charge in [0.05, 0.1) is 0 Å². The molecule has 0 aliphatic heterocycles. The van der Waals surface area contributed by atoms with E-state index in [2.05, 4.69) is 16.2 Å². The lowest BCUT2D eigenvalue weighted by atomic mass is 11.8. The third-order valence-corrected chi connectivity index (χ3v) is 0.714. The highest BCUT2D eigenvalue weighted by Crippen LogP contribution is 2.33. The van der Waals surface area contributed by atoms with Crippen LogP contribution >= 0.6 is 7.82 Å². The van der Waals surface area contributed by atoms with Crippen LogP contribution in [0.1, 0.15) is 0 Å². The first-order valence-corrected chi connectivity index (χ1v) is 3.04. The molecule has 0 radical (unpaired) electrons. The predicted molar refractivity (Wildman–Crippen MR) is 27.4 cm³/mol. The SMILES string of the molecule is COP(=O)(O)O.NN. The highest BCUT2D eigenvalue weighted by atomic mass is 31.2. The highest BCUT2D eigenvalue weighted by molar-refractivity contribution is 7.46. The van der Waals surface area contributed by atoms with Crippen molar-refractivity contribution in [3.05, 3.63) is 0 Å². The molecule has 8 heavy (non-hydrogen) atoms. The van der Waals surface area contributed by atoms with Crippen LogP contribution in [0.15, 0.2) is 0 Å². The molecule has 0 heterocycles. The molecule has 0 rings (SSSR count). The zero-order valence-electron chi connectivity index (χ0n) is 4.31. The quantitative estimate of drug-likeness (QED) is 0.203. The molecule has 0 fully saturated rings. The zero-order valence-corrected chi connectivity index (χ0v) is 5.21. The van der Waals surface area contributed by atoms with Gasteiger partial charge in [-0.15, -0.1) is 0 Å². The second-order valence-corrected chi connectivity index (χ2v) is 2.02. The third kappa shape index (κ3) is 16.6. The summed E-state index contributed by atoms with van der Waals surface area (Å²) in [4.78, 5) is 15.4. The molecule has 0 aromatic rings. The highest BCUT2D eigenvalue weighted by Gasteiger charge is 2.07. The van der Waals surface area contributed by atoms with Gasteiger partial charge in [0.2, 0.25) is 0 Å². The Morgan fingerprint density at radius 2 is 1.62 bits per heavy atom. The maximum atomic E-state index is 9.47. The van der Waals surface area contributed by atoms with E-state index in [9.17, 15) is 4.57 Å². The van der Waals surface area contributed by atoms with Crippen molar-refractivity contribution in [1.82, 2.24) is 0 Å². The summed E-state index contributed by atoms with van der Waals surface area (Å²) < 4.78 is 13.1. The molecule has 0 saturated carbocycles. The molecular formula is CH9N2O4P. The Hall–Kier alpha value is 0.0300. The van der Waals surface area contributed by atoms with Gasteiger partial charge >= 0.3 is 7.82 Å². The number of hydrogen-bond acceptors (Lipinski definition) is 4. The largest absolute Gasteiger partial charge is 0.469 e. The molecule has 6 N–H and O–H groups in total. The van der Waals surface area contributed by atoms with Crippen LogP contribution in [0.3, 0.4) is 0 Å². The average molecular weight is 144 g/mol. The van der Waals surface area contributed by atoms with E-state index in [1.165, 1.54) is 0 Å². The minimum absolute atomic E-state index is 0.945. The van der Waals surface area contributed by atoms with Gasteiger partial charge in [-0.1, -0.05) is 0 Å². The average Bonchev–Trinajstić information content (AvgIpc) is 1.71. The number of nitrogens with two attached hydrogens (primary N) is 2. The zero-order chi connectivity index (χ0) is 7.21. The number of phosphoric ester groups is 1. The Labute approximate surface area is 46.6 Å². The summed E-state index contributed by atoms with van der Waals surface area (Å²) in [6.45, 7) is 0. The molecule has 0 saturated heterocycles. The van der Waals surface area contributed by atoms with E-state index in [1.54, 1.807) is 0 Å². The van der Waals surface area contributed by atoms with Crippen LogP contribution in [-0.4, -0.2) is 16.9 Å². The minimum Gasteiger partial charge on any atom is -0.303 e. The Bertz CT molecular complexity index is 78.1. The van der Waals surface area contributed by atoms with Crippen molar-refractivity contribution < 1.29 is 18.9 Å². The van der Waals surface area contributed by atoms with Gasteiger partial charge in [-0.25, -0.2) is 4.57 Å². The van der Waals surface area contributed by atoms with Gasteiger partial charge in [0, 0.05) is 7.11 Å². The van der Waals surface area contributed by atoms with Crippen molar-refractivity contribution in [3.8, 4) is 0 Å². The van der Waals surface area contributed by atoms with Gasteiger partial charge < -0.3 is 9.79 Å². The Kier molecular flexibility index (Phi) is 7.06. The molecule has 0 unspecified atom stereocenters. The molecule has 0 spiro atoms. The molecule has 0 atom stereocenters. The molecular weight excluding hydrogens is 135 g/mol. The number of hydrazine groups is 1. The summed E-state index contributed by atoms with van der Waals surface area (Å²) in [6.07, 6.45) is 0. The van der Waals surface area contributed by atoms with Crippen molar-refractivity contribution in [2.75, 3.05) is 7.11 Å². The van der Waals surface area contributed by atoms with Crippen molar-refractivity contribution in [1.29, 1.82) is 0 Å².